The fraction of sp³-hybridized carbons (Fsp3) is 0.600. The molecule has 1 aromatic rings. The first-order chi connectivity index (χ1) is 7.98. The van der Waals surface area contributed by atoms with Crippen LogP contribution in [0.5, 0.6) is 0 Å². The molecule has 0 unspecified atom stereocenters. The molecule has 94 valence electrons. The summed E-state index contributed by atoms with van der Waals surface area (Å²) in [6.45, 7) is 9.08. The second kappa shape index (κ2) is 4.69. The van der Waals surface area contributed by atoms with Gasteiger partial charge in [0, 0.05) is 24.8 Å². The van der Waals surface area contributed by atoms with Crippen molar-refractivity contribution in [3.8, 4) is 0 Å². The maximum atomic E-state index is 5.87. The van der Waals surface area contributed by atoms with Gasteiger partial charge in [-0.3, -0.25) is 0 Å². The molecule has 2 heteroatoms. The SMILES string of the molecule is C[C@@H](N)c1ccc(N2CCCC(C)(C)C2)cc1. The first kappa shape index (κ1) is 12.4. The molecule has 2 N–H and O–H groups in total. The lowest BCUT2D eigenvalue weighted by Gasteiger charge is -2.39. The van der Waals surface area contributed by atoms with Gasteiger partial charge in [-0.05, 0) is 42.9 Å². The molecule has 1 saturated heterocycles. The average Bonchev–Trinajstić information content (AvgIpc) is 2.28. The third kappa shape index (κ3) is 3.01. The molecule has 0 aliphatic carbocycles. The standard InChI is InChI=1S/C15H24N2/c1-12(16)13-5-7-14(8-6-13)17-10-4-9-15(2,3)11-17/h5-8,12H,4,9-11,16H2,1-3H3/t12-/m1/s1. The van der Waals surface area contributed by atoms with Gasteiger partial charge in [0.2, 0.25) is 0 Å². The van der Waals surface area contributed by atoms with Crippen LogP contribution in [-0.4, -0.2) is 13.1 Å². The van der Waals surface area contributed by atoms with Crippen molar-refractivity contribution < 1.29 is 0 Å². The zero-order valence-electron chi connectivity index (χ0n) is 11.2. The van der Waals surface area contributed by atoms with E-state index in [0.29, 0.717) is 5.41 Å². The third-order valence-corrected chi connectivity index (χ3v) is 3.68. The van der Waals surface area contributed by atoms with E-state index in [0.717, 1.165) is 6.54 Å². The Kier molecular flexibility index (Phi) is 3.43. The molecule has 2 nitrogen and oxygen atoms in total. The summed E-state index contributed by atoms with van der Waals surface area (Å²) in [6.07, 6.45) is 2.63. The first-order valence-electron chi connectivity index (χ1n) is 6.58. The van der Waals surface area contributed by atoms with E-state index in [1.165, 1.54) is 30.6 Å². The van der Waals surface area contributed by atoms with Crippen molar-refractivity contribution in [2.75, 3.05) is 18.0 Å². The maximum Gasteiger partial charge on any atom is 0.0366 e. The Balaban J connectivity index is 2.12. The highest BCUT2D eigenvalue weighted by Gasteiger charge is 2.26. The predicted molar refractivity (Wildman–Crippen MR) is 74.3 cm³/mol. The molecule has 2 rings (SSSR count). The predicted octanol–water partition coefficient (Wildman–Crippen LogP) is 3.33. The molecule has 0 bridgehead atoms. The van der Waals surface area contributed by atoms with Gasteiger partial charge >= 0.3 is 0 Å². The molecule has 17 heavy (non-hydrogen) atoms. The van der Waals surface area contributed by atoms with Crippen molar-refractivity contribution in [1.82, 2.24) is 0 Å². The van der Waals surface area contributed by atoms with Crippen LogP contribution in [-0.2, 0) is 0 Å². The van der Waals surface area contributed by atoms with E-state index in [1.807, 2.05) is 6.92 Å². The summed E-state index contributed by atoms with van der Waals surface area (Å²) >= 11 is 0. The van der Waals surface area contributed by atoms with Gasteiger partial charge < -0.3 is 10.6 Å². The summed E-state index contributed by atoms with van der Waals surface area (Å²) in [5.41, 5.74) is 8.86. The van der Waals surface area contributed by atoms with Crippen molar-refractivity contribution in [3.05, 3.63) is 29.8 Å². The lowest BCUT2D eigenvalue weighted by Crippen LogP contribution is -2.40. The molecule has 0 amide bonds. The van der Waals surface area contributed by atoms with Crippen molar-refractivity contribution in [3.63, 3.8) is 0 Å². The number of rotatable bonds is 2. The normalized spacial score (nSPS) is 21.3. The highest BCUT2D eigenvalue weighted by Crippen LogP contribution is 2.31. The average molecular weight is 232 g/mol. The van der Waals surface area contributed by atoms with Crippen LogP contribution in [0.25, 0.3) is 0 Å². The summed E-state index contributed by atoms with van der Waals surface area (Å²) in [7, 11) is 0. The molecule has 0 aromatic heterocycles. The largest absolute Gasteiger partial charge is 0.371 e. The monoisotopic (exact) mass is 232 g/mol. The molecule has 0 saturated carbocycles. The van der Waals surface area contributed by atoms with E-state index in [9.17, 15) is 0 Å². The third-order valence-electron chi connectivity index (χ3n) is 3.68. The molecular formula is C15H24N2. The minimum atomic E-state index is 0.127. The minimum Gasteiger partial charge on any atom is -0.371 e. The van der Waals surface area contributed by atoms with E-state index >= 15 is 0 Å². The highest BCUT2D eigenvalue weighted by atomic mass is 15.1. The molecule has 1 heterocycles. The van der Waals surface area contributed by atoms with Gasteiger partial charge in [-0.25, -0.2) is 0 Å². The van der Waals surface area contributed by atoms with Crippen LogP contribution in [0.3, 0.4) is 0 Å². The fourth-order valence-corrected chi connectivity index (χ4v) is 2.63. The van der Waals surface area contributed by atoms with Gasteiger partial charge in [-0.2, -0.15) is 0 Å². The van der Waals surface area contributed by atoms with Gasteiger partial charge in [0.1, 0.15) is 0 Å². The Morgan fingerprint density at radius 1 is 1.24 bits per heavy atom. The molecule has 1 aromatic carbocycles. The van der Waals surface area contributed by atoms with Crippen LogP contribution >= 0.6 is 0 Å². The smallest absolute Gasteiger partial charge is 0.0366 e. The molecule has 1 fully saturated rings. The van der Waals surface area contributed by atoms with E-state index in [4.69, 9.17) is 5.73 Å². The van der Waals surface area contributed by atoms with Crippen LogP contribution in [0.4, 0.5) is 5.69 Å². The number of benzene rings is 1. The maximum absolute atomic E-state index is 5.87. The Hall–Kier alpha value is -1.02. The van der Waals surface area contributed by atoms with Crippen LogP contribution in [0.2, 0.25) is 0 Å². The number of hydrogen-bond acceptors (Lipinski definition) is 2. The number of anilines is 1. The van der Waals surface area contributed by atoms with Gasteiger partial charge in [0.25, 0.3) is 0 Å². The second-order valence-electron chi connectivity index (χ2n) is 6.07. The molecule has 0 spiro atoms. The lowest BCUT2D eigenvalue weighted by molar-refractivity contribution is 0.293. The number of nitrogens with zero attached hydrogens (tertiary/aromatic N) is 1. The second-order valence-corrected chi connectivity index (χ2v) is 6.07. The van der Waals surface area contributed by atoms with E-state index in [2.05, 4.69) is 43.0 Å². The Bertz CT molecular complexity index is 365. The van der Waals surface area contributed by atoms with Crippen LogP contribution in [0.15, 0.2) is 24.3 Å². The summed E-state index contributed by atoms with van der Waals surface area (Å²) in [5, 5.41) is 0. The van der Waals surface area contributed by atoms with E-state index in [1.54, 1.807) is 0 Å². The van der Waals surface area contributed by atoms with E-state index < -0.39 is 0 Å². The number of nitrogens with two attached hydrogens (primary N) is 1. The van der Waals surface area contributed by atoms with Crippen molar-refractivity contribution >= 4 is 5.69 Å². The Morgan fingerprint density at radius 2 is 1.88 bits per heavy atom. The Labute approximate surface area is 105 Å². The van der Waals surface area contributed by atoms with Crippen LogP contribution < -0.4 is 10.6 Å². The fourth-order valence-electron chi connectivity index (χ4n) is 2.63. The summed E-state index contributed by atoms with van der Waals surface area (Å²) < 4.78 is 0. The van der Waals surface area contributed by atoms with Gasteiger partial charge in [-0.15, -0.1) is 0 Å². The molecule has 1 aliphatic heterocycles. The molecule has 0 radical (unpaired) electrons. The number of piperidine rings is 1. The van der Waals surface area contributed by atoms with Crippen LogP contribution in [0, 0.1) is 5.41 Å². The van der Waals surface area contributed by atoms with Gasteiger partial charge in [0.15, 0.2) is 0 Å². The zero-order chi connectivity index (χ0) is 12.5. The number of hydrogen-bond donors (Lipinski definition) is 1. The van der Waals surface area contributed by atoms with Crippen LogP contribution in [0.1, 0.15) is 45.2 Å². The van der Waals surface area contributed by atoms with Crippen molar-refractivity contribution in [2.24, 2.45) is 11.1 Å². The summed E-state index contributed by atoms with van der Waals surface area (Å²) in [5.74, 6) is 0. The van der Waals surface area contributed by atoms with E-state index in [-0.39, 0.29) is 6.04 Å². The first-order valence-corrected chi connectivity index (χ1v) is 6.58. The summed E-state index contributed by atoms with van der Waals surface area (Å²) in [6, 6.07) is 8.85. The van der Waals surface area contributed by atoms with Crippen molar-refractivity contribution in [2.45, 2.75) is 39.7 Å². The minimum absolute atomic E-state index is 0.127. The molecule has 1 aliphatic rings. The quantitative estimate of drug-likeness (QED) is 0.847. The molecular weight excluding hydrogens is 208 g/mol. The molecule has 1 atom stereocenters. The summed E-state index contributed by atoms with van der Waals surface area (Å²) in [4.78, 5) is 2.49. The van der Waals surface area contributed by atoms with Gasteiger partial charge in [0.05, 0.1) is 0 Å². The lowest BCUT2D eigenvalue weighted by atomic mass is 9.84. The zero-order valence-corrected chi connectivity index (χ0v) is 11.2. The van der Waals surface area contributed by atoms with Gasteiger partial charge in [-0.1, -0.05) is 26.0 Å². The topological polar surface area (TPSA) is 29.3 Å². The van der Waals surface area contributed by atoms with Crippen molar-refractivity contribution in [1.29, 1.82) is 0 Å². The highest BCUT2D eigenvalue weighted by molar-refractivity contribution is 5.48. The Morgan fingerprint density at radius 3 is 2.41 bits per heavy atom.